The molecule has 0 aliphatic rings. The van der Waals surface area contributed by atoms with Crippen LogP contribution in [0.3, 0.4) is 0 Å². The predicted octanol–water partition coefficient (Wildman–Crippen LogP) is 11.1. The van der Waals surface area contributed by atoms with Crippen molar-refractivity contribution in [1.82, 2.24) is 24.1 Å². The van der Waals surface area contributed by atoms with Crippen LogP contribution in [0.15, 0.2) is 176 Å². The van der Waals surface area contributed by atoms with E-state index in [0.29, 0.717) is 11.4 Å². The van der Waals surface area contributed by atoms with Crippen molar-refractivity contribution in [3.05, 3.63) is 176 Å². The fourth-order valence-corrected chi connectivity index (χ4v) is 7.10. The largest absolute Gasteiger partial charge is 0.309 e. The minimum absolute atomic E-state index is 0.0107. The van der Waals surface area contributed by atoms with Gasteiger partial charge in [-0.05, 0) is 47.5 Å². The molecule has 0 bridgehead atoms. The summed E-state index contributed by atoms with van der Waals surface area (Å²) in [7, 11) is 0. The Bertz CT molecular complexity index is 3110. The Balaban J connectivity index is 1.27. The Morgan fingerprint density at radius 3 is 1.52 bits per heavy atom. The normalized spacial score (nSPS) is 13.0. The number of hydrogen-bond donors (Lipinski definition) is 0. The molecule has 10 rings (SSSR count). The first-order valence-corrected chi connectivity index (χ1v) is 16.4. The fraction of sp³-hybridized carbons (Fsp3) is 0. The number of para-hydroxylation sites is 2. The van der Waals surface area contributed by atoms with Gasteiger partial charge in [-0.3, -0.25) is 4.57 Å². The Morgan fingerprint density at radius 2 is 0.880 bits per heavy atom. The molecule has 0 unspecified atom stereocenters. The third-order valence-electron chi connectivity index (χ3n) is 9.28. The van der Waals surface area contributed by atoms with Crippen LogP contribution in [-0.2, 0) is 0 Å². The molecule has 234 valence electrons. The SMILES string of the molecule is [2H]c1c([2H])c([2H])c(-c2nc(-c3ccccc3)nc(-n3c4ccccc4c4c5c6ccccc6n(-c6ccc(-c7ccccc7)cc6)c5ccc43)n2)c([2H])c1[2H]. The van der Waals surface area contributed by atoms with Gasteiger partial charge in [0.1, 0.15) is 0 Å². The van der Waals surface area contributed by atoms with Crippen molar-refractivity contribution >= 4 is 43.6 Å². The van der Waals surface area contributed by atoms with Gasteiger partial charge in [0.05, 0.1) is 28.9 Å². The quantitative estimate of drug-likeness (QED) is 0.187. The zero-order valence-electron chi connectivity index (χ0n) is 31.6. The first-order valence-electron chi connectivity index (χ1n) is 18.9. The molecule has 0 saturated heterocycles. The molecule has 0 spiro atoms. The summed E-state index contributed by atoms with van der Waals surface area (Å²) in [6.07, 6.45) is 0. The zero-order chi connectivity index (χ0) is 37.4. The second-order valence-corrected chi connectivity index (χ2v) is 12.1. The highest BCUT2D eigenvalue weighted by atomic mass is 15.2. The molecule has 0 atom stereocenters. The molecule has 5 heteroatoms. The van der Waals surface area contributed by atoms with Gasteiger partial charge in [-0.25, -0.2) is 4.98 Å². The molecule has 0 aliphatic carbocycles. The number of benzene rings is 7. The van der Waals surface area contributed by atoms with Crippen LogP contribution in [0.25, 0.3) is 89.2 Å². The van der Waals surface area contributed by atoms with Crippen molar-refractivity contribution in [1.29, 1.82) is 0 Å². The summed E-state index contributed by atoms with van der Waals surface area (Å²) in [6, 6.07) is 47.0. The molecule has 0 radical (unpaired) electrons. The van der Waals surface area contributed by atoms with Gasteiger partial charge in [0.15, 0.2) is 11.6 Å². The van der Waals surface area contributed by atoms with Crippen molar-refractivity contribution in [3.63, 3.8) is 0 Å². The van der Waals surface area contributed by atoms with Gasteiger partial charge < -0.3 is 4.57 Å². The Morgan fingerprint density at radius 1 is 0.380 bits per heavy atom. The third-order valence-corrected chi connectivity index (χ3v) is 9.28. The molecule has 0 saturated carbocycles. The van der Waals surface area contributed by atoms with Crippen molar-refractivity contribution < 1.29 is 6.85 Å². The van der Waals surface area contributed by atoms with E-state index in [1.165, 1.54) is 0 Å². The van der Waals surface area contributed by atoms with E-state index < -0.39 is 18.1 Å². The molecule has 3 aromatic heterocycles. The van der Waals surface area contributed by atoms with Crippen molar-refractivity contribution in [2.45, 2.75) is 0 Å². The summed E-state index contributed by atoms with van der Waals surface area (Å²) in [4.78, 5) is 14.6. The average molecular weight is 645 g/mol. The monoisotopic (exact) mass is 644 g/mol. The molecular weight excluding hydrogens is 611 g/mol. The Labute approximate surface area is 295 Å². The summed E-state index contributed by atoms with van der Waals surface area (Å²) in [6.45, 7) is 0. The fourth-order valence-electron chi connectivity index (χ4n) is 7.10. The minimum atomic E-state index is -0.478. The van der Waals surface area contributed by atoms with Crippen LogP contribution in [0.5, 0.6) is 0 Å². The highest BCUT2D eigenvalue weighted by Gasteiger charge is 2.22. The summed E-state index contributed by atoms with van der Waals surface area (Å²) >= 11 is 0. The van der Waals surface area contributed by atoms with Gasteiger partial charge in [0.2, 0.25) is 5.95 Å². The topological polar surface area (TPSA) is 48.5 Å². The van der Waals surface area contributed by atoms with Gasteiger partial charge in [0.25, 0.3) is 0 Å². The minimum Gasteiger partial charge on any atom is -0.309 e. The van der Waals surface area contributed by atoms with E-state index in [1.807, 2.05) is 71.3 Å². The third kappa shape index (κ3) is 4.45. The lowest BCUT2D eigenvalue weighted by atomic mass is 10.1. The van der Waals surface area contributed by atoms with Crippen molar-refractivity contribution in [2.24, 2.45) is 0 Å². The molecular formula is C45H29N5. The summed E-state index contributed by atoms with van der Waals surface area (Å²) < 4.78 is 46.8. The van der Waals surface area contributed by atoms with Gasteiger partial charge in [-0.1, -0.05) is 139 Å². The molecule has 7 aromatic carbocycles. The number of nitrogens with zero attached hydrogens (tertiary/aromatic N) is 5. The lowest BCUT2D eigenvalue weighted by molar-refractivity contribution is 0.953. The van der Waals surface area contributed by atoms with E-state index in [9.17, 15) is 0 Å². The van der Waals surface area contributed by atoms with Crippen LogP contribution in [0.4, 0.5) is 0 Å². The average Bonchev–Trinajstić information content (AvgIpc) is 3.76. The zero-order valence-corrected chi connectivity index (χ0v) is 26.6. The molecule has 0 aliphatic heterocycles. The first-order chi connectivity index (χ1) is 26.9. The molecule has 5 nitrogen and oxygen atoms in total. The van der Waals surface area contributed by atoms with Crippen LogP contribution in [-0.4, -0.2) is 24.1 Å². The van der Waals surface area contributed by atoms with Crippen molar-refractivity contribution in [3.8, 4) is 45.5 Å². The van der Waals surface area contributed by atoms with Gasteiger partial charge in [0, 0.05) is 38.4 Å². The standard InChI is InChI=1S/C45H29N5/c1-4-14-30(15-5-1)31-24-26-34(27-25-31)49-37-22-12-10-20-35(37)41-39(49)28-29-40-42(41)36-21-11-13-23-38(36)50(40)45-47-43(32-16-6-2-7-17-32)46-44(48-45)33-18-8-3-9-19-33/h1-29H/i2D,6D,7D,16D,17D. The summed E-state index contributed by atoms with van der Waals surface area (Å²) in [5.41, 5.74) is 7.79. The highest BCUT2D eigenvalue weighted by molar-refractivity contribution is 6.28. The molecule has 0 N–H and O–H groups in total. The second-order valence-electron chi connectivity index (χ2n) is 12.1. The highest BCUT2D eigenvalue weighted by Crippen LogP contribution is 2.42. The maximum Gasteiger partial charge on any atom is 0.238 e. The molecule has 50 heavy (non-hydrogen) atoms. The van der Waals surface area contributed by atoms with E-state index in [1.54, 1.807) is 0 Å². The van der Waals surface area contributed by atoms with E-state index in [0.717, 1.165) is 60.4 Å². The summed E-state index contributed by atoms with van der Waals surface area (Å²) in [5, 5.41) is 4.20. The Hall–Kier alpha value is -6.85. The van der Waals surface area contributed by atoms with Gasteiger partial charge in [-0.15, -0.1) is 0 Å². The Kier molecular flexibility index (Phi) is 5.35. The van der Waals surface area contributed by atoms with Gasteiger partial charge in [-0.2, -0.15) is 9.97 Å². The van der Waals surface area contributed by atoms with Crippen LogP contribution in [0.1, 0.15) is 6.85 Å². The first kappa shape index (κ1) is 23.5. The van der Waals surface area contributed by atoms with E-state index in [2.05, 4.69) is 83.4 Å². The number of rotatable bonds is 5. The molecule has 0 fully saturated rings. The lowest BCUT2D eigenvalue weighted by Crippen LogP contribution is -2.06. The molecule has 3 heterocycles. The van der Waals surface area contributed by atoms with Crippen LogP contribution in [0, 0.1) is 0 Å². The second kappa shape index (κ2) is 11.4. The van der Waals surface area contributed by atoms with E-state index >= 15 is 0 Å². The summed E-state index contributed by atoms with van der Waals surface area (Å²) in [5.74, 6) is 0.569. The number of hydrogen-bond acceptors (Lipinski definition) is 3. The molecule has 0 amide bonds. The van der Waals surface area contributed by atoms with Gasteiger partial charge >= 0.3 is 0 Å². The maximum atomic E-state index is 8.77. The van der Waals surface area contributed by atoms with Crippen LogP contribution < -0.4 is 0 Å². The van der Waals surface area contributed by atoms with Crippen LogP contribution in [0.2, 0.25) is 0 Å². The number of aromatic nitrogens is 5. The lowest BCUT2D eigenvalue weighted by Gasteiger charge is -2.11. The smallest absolute Gasteiger partial charge is 0.238 e. The molecule has 10 aromatic rings. The van der Waals surface area contributed by atoms with E-state index in [-0.39, 0.29) is 29.4 Å². The van der Waals surface area contributed by atoms with E-state index in [4.69, 9.17) is 21.8 Å². The van der Waals surface area contributed by atoms with Crippen molar-refractivity contribution in [2.75, 3.05) is 0 Å². The number of fused-ring (bicyclic) bond motifs is 7. The predicted molar refractivity (Wildman–Crippen MR) is 205 cm³/mol. The van der Waals surface area contributed by atoms with Crippen LogP contribution >= 0.6 is 0 Å². The maximum absolute atomic E-state index is 8.77.